The van der Waals surface area contributed by atoms with Gasteiger partial charge in [0.05, 0.1) is 13.2 Å². The number of amides is 1. The molecule has 0 atom stereocenters. The minimum Gasteiger partial charge on any atom is -0.497 e. The van der Waals surface area contributed by atoms with Gasteiger partial charge in [-0.3, -0.25) is 4.79 Å². The zero-order chi connectivity index (χ0) is 12.0. The molecule has 0 heterocycles. The van der Waals surface area contributed by atoms with Gasteiger partial charge in [0.1, 0.15) is 12.2 Å². The highest BCUT2D eigenvalue weighted by Crippen LogP contribution is 2.13. The monoisotopic (exact) mass is 218 g/mol. The summed E-state index contributed by atoms with van der Waals surface area (Å²) >= 11 is 0. The van der Waals surface area contributed by atoms with Crippen LogP contribution in [0.1, 0.15) is 12.0 Å². The van der Waals surface area contributed by atoms with Crippen molar-refractivity contribution in [3.63, 3.8) is 0 Å². The van der Waals surface area contributed by atoms with Crippen LogP contribution in [0, 0.1) is 11.3 Å². The number of hydrogen-bond donors (Lipinski definition) is 0. The molecule has 16 heavy (non-hydrogen) atoms. The standard InChI is InChI=1S/C12H14N2O2/c1-14(12(15)6-7-13)9-10-4-3-5-11(8-10)16-2/h3-5,8H,6,9H2,1-2H3. The van der Waals surface area contributed by atoms with Crippen LogP contribution in [-0.4, -0.2) is 25.0 Å². The molecule has 0 saturated heterocycles. The van der Waals surface area contributed by atoms with Gasteiger partial charge in [-0.2, -0.15) is 5.26 Å². The van der Waals surface area contributed by atoms with Crippen LogP contribution in [0.3, 0.4) is 0 Å². The Labute approximate surface area is 95.0 Å². The average Bonchev–Trinajstić information content (AvgIpc) is 2.29. The van der Waals surface area contributed by atoms with E-state index in [1.54, 1.807) is 14.2 Å². The summed E-state index contributed by atoms with van der Waals surface area (Å²) in [6, 6.07) is 9.35. The largest absolute Gasteiger partial charge is 0.497 e. The van der Waals surface area contributed by atoms with Gasteiger partial charge in [-0.25, -0.2) is 0 Å². The van der Waals surface area contributed by atoms with Crippen LogP contribution < -0.4 is 4.74 Å². The Bertz CT molecular complexity index is 410. The lowest BCUT2D eigenvalue weighted by atomic mass is 10.2. The highest BCUT2D eigenvalue weighted by atomic mass is 16.5. The molecule has 4 heteroatoms. The Kier molecular flexibility index (Phi) is 4.34. The SMILES string of the molecule is COc1cccc(CN(C)C(=O)CC#N)c1. The maximum atomic E-state index is 11.4. The van der Waals surface area contributed by atoms with Crippen molar-refractivity contribution in [3.8, 4) is 11.8 Å². The van der Waals surface area contributed by atoms with E-state index in [0.29, 0.717) is 6.54 Å². The minimum atomic E-state index is -0.176. The normalized spacial score (nSPS) is 9.31. The van der Waals surface area contributed by atoms with Crippen LogP contribution in [0.2, 0.25) is 0 Å². The van der Waals surface area contributed by atoms with E-state index in [1.165, 1.54) is 4.90 Å². The van der Waals surface area contributed by atoms with Gasteiger partial charge in [0.25, 0.3) is 0 Å². The minimum absolute atomic E-state index is 0.0829. The first-order valence-electron chi connectivity index (χ1n) is 4.91. The Morgan fingerprint density at radius 2 is 2.31 bits per heavy atom. The summed E-state index contributed by atoms with van der Waals surface area (Å²) in [5, 5.41) is 8.42. The van der Waals surface area contributed by atoms with Crippen molar-refractivity contribution in [2.75, 3.05) is 14.2 Å². The fourth-order valence-electron chi connectivity index (χ4n) is 1.34. The van der Waals surface area contributed by atoms with Crippen LogP contribution in [0.15, 0.2) is 24.3 Å². The lowest BCUT2D eigenvalue weighted by molar-refractivity contribution is -0.129. The van der Waals surface area contributed by atoms with Gasteiger partial charge in [0.2, 0.25) is 5.91 Å². The van der Waals surface area contributed by atoms with E-state index in [1.807, 2.05) is 30.3 Å². The zero-order valence-electron chi connectivity index (χ0n) is 9.43. The third-order valence-corrected chi connectivity index (χ3v) is 2.21. The van der Waals surface area contributed by atoms with Crippen molar-refractivity contribution in [2.24, 2.45) is 0 Å². The van der Waals surface area contributed by atoms with Crippen molar-refractivity contribution < 1.29 is 9.53 Å². The highest BCUT2D eigenvalue weighted by Gasteiger charge is 2.08. The molecule has 0 fully saturated rings. The molecule has 0 N–H and O–H groups in total. The first-order valence-corrected chi connectivity index (χ1v) is 4.91. The van der Waals surface area contributed by atoms with E-state index in [-0.39, 0.29) is 12.3 Å². The highest BCUT2D eigenvalue weighted by molar-refractivity contribution is 5.77. The number of ether oxygens (including phenoxy) is 1. The second-order valence-corrected chi connectivity index (χ2v) is 3.44. The summed E-state index contributed by atoms with van der Waals surface area (Å²) in [6.07, 6.45) is -0.0829. The summed E-state index contributed by atoms with van der Waals surface area (Å²) in [5.74, 6) is 0.587. The molecule has 0 aliphatic rings. The van der Waals surface area contributed by atoms with E-state index in [0.717, 1.165) is 11.3 Å². The van der Waals surface area contributed by atoms with Crippen molar-refractivity contribution in [1.82, 2.24) is 4.90 Å². The van der Waals surface area contributed by atoms with E-state index in [4.69, 9.17) is 10.00 Å². The Balaban J connectivity index is 2.66. The molecule has 0 unspecified atom stereocenters. The molecule has 0 saturated carbocycles. The maximum absolute atomic E-state index is 11.4. The Morgan fingerprint density at radius 1 is 1.56 bits per heavy atom. The van der Waals surface area contributed by atoms with Gasteiger partial charge in [-0.15, -0.1) is 0 Å². The number of methoxy groups -OCH3 is 1. The smallest absolute Gasteiger partial charge is 0.236 e. The molecule has 4 nitrogen and oxygen atoms in total. The number of benzene rings is 1. The zero-order valence-corrected chi connectivity index (χ0v) is 9.43. The lowest BCUT2D eigenvalue weighted by Crippen LogP contribution is -2.25. The number of carbonyl (C=O) groups excluding carboxylic acids is 1. The molecule has 1 amide bonds. The molecular formula is C12H14N2O2. The van der Waals surface area contributed by atoms with Crippen molar-refractivity contribution in [1.29, 1.82) is 5.26 Å². The average molecular weight is 218 g/mol. The van der Waals surface area contributed by atoms with Crippen molar-refractivity contribution in [2.45, 2.75) is 13.0 Å². The molecule has 0 bridgehead atoms. The molecule has 1 rings (SSSR count). The maximum Gasteiger partial charge on any atom is 0.236 e. The van der Waals surface area contributed by atoms with Crippen LogP contribution in [0.25, 0.3) is 0 Å². The first-order chi connectivity index (χ1) is 7.67. The molecule has 84 valence electrons. The summed E-state index contributed by atoms with van der Waals surface area (Å²) in [7, 11) is 3.28. The number of nitrogens with zero attached hydrogens (tertiary/aromatic N) is 2. The molecule has 0 aromatic heterocycles. The molecule has 0 spiro atoms. The molecule has 1 aromatic rings. The van der Waals surface area contributed by atoms with Gasteiger partial charge >= 0.3 is 0 Å². The summed E-state index contributed by atoms with van der Waals surface area (Å²) in [4.78, 5) is 12.9. The van der Waals surface area contributed by atoms with Gasteiger partial charge in [0, 0.05) is 13.6 Å². The Hall–Kier alpha value is -2.02. The lowest BCUT2D eigenvalue weighted by Gasteiger charge is -2.15. The fraction of sp³-hybridized carbons (Fsp3) is 0.333. The van der Waals surface area contributed by atoms with Crippen LogP contribution in [0.5, 0.6) is 5.75 Å². The number of nitriles is 1. The van der Waals surface area contributed by atoms with E-state index in [2.05, 4.69) is 0 Å². The topological polar surface area (TPSA) is 53.3 Å². The summed E-state index contributed by atoms with van der Waals surface area (Å²) in [6.45, 7) is 0.484. The van der Waals surface area contributed by atoms with E-state index < -0.39 is 0 Å². The Morgan fingerprint density at radius 3 is 2.94 bits per heavy atom. The van der Waals surface area contributed by atoms with Crippen molar-refractivity contribution >= 4 is 5.91 Å². The van der Waals surface area contributed by atoms with Gasteiger partial charge in [-0.1, -0.05) is 12.1 Å². The molecule has 0 aliphatic heterocycles. The van der Waals surface area contributed by atoms with Gasteiger partial charge in [0.15, 0.2) is 0 Å². The summed E-state index contributed by atoms with van der Waals surface area (Å²) in [5.41, 5.74) is 0.980. The number of carbonyl (C=O) groups is 1. The second-order valence-electron chi connectivity index (χ2n) is 3.44. The van der Waals surface area contributed by atoms with Crippen LogP contribution in [-0.2, 0) is 11.3 Å². The quantitative estimate of drug-likeness (QED) is 0.770. The third-order valence-electron chi connectivity index (χ3n) is 2.21. The molecular weight excluding hydrogens is 204 g/mol. The predicted octanol–water partition coefficient (Wildman–Crippen LogP) is 1.57. The van der Waals surface area contributed by atoms with Gasteiger partial charge in [-0.05, 0) is 17.7 Å². The predicted molar refractivity (Wildman–Crippen MR) is 59.7 cm³/mol. The molecule has 1 aromatic carbocycles. The van der Waals surface area contributed by atoms with Gasteiger partial charge < -0.3 is 9.64 Å². The van der Waals surface area contributed by atoms with Crippen LogP contribution >= 0.6 is 0 Å². The first kappa shape index (κ1) is 12.1. The third kappa shape index (κ3) is 3.28. The molecule has 0 radical (unpaired) electrons. The number of rotatable bonds is 4. The van der Waals surface area contributed by atoms with Crippen LogP contribution in [0.4, 0.5) is 0 Å². The van der Waals surface area contributed by atoms with E-state index in [9.17, 15) is 4.79 Å². The summed E-state index contributed by atoms with van der Waals surface area (Å²) < 4.78 is 5.09. The van der Waals surface area contributed by atoms with E-state index >= 15 is 0 Å². The number of hydrogen-bond acceptors (Lipinski definition) is 3. The van der Waals surface area contributed by atoms with Crippen molar-refractivity contribution in [3.05, 3.63) is 29.8 Å². The fourth-order valence-corrected chi connectivity index (χ4v) is 1.34. The molecule has 0 aliphatic carbocycles. The second kappa shape index (κ2) is 5.76.